The molecule has 6 heterocycles. The number of aromatic nitrogens is 12. The van der Waals surface area contributed by atoms with Gasteiger partial charge in [-0.05, 0) is 149 Å². The zero-order chi connectivity index (χ0) is 82.5. The zero-order valence-electron chi connectivity index (χ0n) is 64.4. The second-order valence-corrected chi connectivity index (χ2v) is 27.1. The van der Waals surface area contributed by atoms with Gasteiger partial charge in [0, 0.05) is 73.2 Å². The summed E-state index contributed by atoms with van der Waals surface area (Å²) in [7, 11) is 2.52. The van der Waals surface area contributed by atoms with Gasteiger partial charge in [0.05, 0.1) is 51.4 Å². The smallest absolute Gasteiger partial charge is 0.387 e. The van der Waals surface area contributed by atoms with Gasteiger partial charge in [0.2, 0.25) is 35.5 Å². The predicted molar refractivity (Wildman–Crippen MR) is 425 cm³/mol. The minimum absolute atomic E-state index is 0.0345. The van der Waals surface area contributed by atoms with E-state index in [2.05, 4.69) is 50.6 Å². The van der Waals surface area contributed by atoms with Gasteiger partial charge in [-0.25, -0.2) is 57.4 Å². The molecule has 0 bridgehead atoms. The summed E-state index contributed by atoms with van der Waals surface area (Å²) in [5.41, 5.74) is 2.23. The Morgan fingerprint density at radius 2 is 0.774 bits per heavy atom. The lowest BCUT2D eigenvalue weighted by Gasteiger charge is -2.23. The number of hydrogen-bond acceptors (Lipinski definition) is 24. The molecule has 0 fully saturated rings. The van der Waals surface area contributed by atoms with E-state index in [0.29, 0.717) is 46.1 Å². The van der Waals surface area contributed by atoms with Crippen LogP contribution in [0, 0.1) is 38.0 Å². The Hall–Kier alpha value is -14.3. The number of carbonyl (C=O) groups excluding carboxylic acids is 3. The summed E-state index contributed by atoms with van der Waals surface area (Å²) in [6.07, 6.45) is 4.40. The number of pyridine rings is 3. The highest BCUT2D eigenvalue weighted by Crippen LogP contribution is 2.28. The first-order chi connectivity index (χ1) is 55.1. The van der Waals surface area contributed by atoms with Gasteiger partial charge in [0.15, 0.2) is 0 Å². The summed E-state index contributed by atoms with van der Waals surface area (Å²) in [4.78, 5) is 140. The highest BCUT2D eigenvalue weighted by atomic mass is 19.3. The van der Waals surface area contributed by atoms with E-state index in [-0.39, 0.29) is 74.5 Å². The first-order valence-corrected chi connectivity index (χ1v) is 35.9. The van der Waals surface area contributed by atoms with Crippen LogP contribution in [0.1, 0.15) is 68.0 Å². The number of rotatable bonds is 29. The third-order valence-corrected chi connectivity index (χ3v) is 17.5. The molecule has 12 rings (SSSR count). The van der Waals surface area contributed by atoms with Gasteiger partial charge >= 0.3 is 52.7 Å². The zero-order valence-corrected chi connectivity index (χ0v) is 64.4. The van der Waals surface area contributed by atoms with Crippen LogP contribution < -0.4 is 69.0 Å². The number of methoxy groups -OCH3 is 2. The summed E-state index contributed by atoms with van der Waals surface area (Å²) in [6, 6.07) is 56.9. The van der Waals surface area contributed by atoms with E-state index in [9.17, 15) is 51.9 Å². The van der Waals surface area contributed by atoms with Crippen molar-refractivity contribution < 1.29 is 51.6 Å². The van der Waals surface area contributed by atoms with Crippen molar-refractivity contribution in [1.82, 2.24) is 57.3 Å². The van der Waals surface area contributed by atoms with E-state index < -0.39 is 69.9 Å². The Balaban J connectivity index is 0.000000182. The number of nitrogens with one attached hydrogen (secondary N) is 3. The molecule has 0 saturated heterocycles. The van der Waals surface area contributed by atoms with E-state index in [0.717, 1.165) is 53.3 Å². The fourth-order valence-electron chi connectivity index (χ4n) is 11.0. The van der Waals surface area contributed by atoms with Crippen LogP contribution in [0.3, 0.4) is 0 Å². The number of hydrogen-bond donors (Lipinski definition) is 3. The van der Waals surface area contributed by atoms with E-state index in [1.807, 2.05) is 106 Å². The van der Waals surface area contributed by atoms with Crippen LogP contribution in [-0.2, 0) is 63.1 Å². The number of ether oxygens (including phenoxy) is 6. The van der Waals surface area contributed by atoms with Gasteiger partial charge in [-0.2, -0.15) is 23.7 Å². The maximum atomic E-state index is 13.6. The number of nitrogens with zero attached hydrogens (tertiary/aromatic N) is 12. The van der Waals surface area contributed by atoms with Gasteiger partial charge in [0.25, 0.3) is 0 Å². The van der Waals surface area contributed by atoms with Gasteiger partial charge in [-0.15, -0.1) is 0 Å². The Morgan fingerprint density at radius 1 is 0.426 bits per heavy atom. The van der Waals surface area contributed by atoms with Crippen molar-refractivity contribution in [2.75, 3.05) is 30.2 Å². The highest BCUT2D eigenvalue weighted by Gasteiger charge is 2.32. The molecular weight excluding hydrogens is 1480 g/mol. The van der Waals surface area contributed by atoms with Gasteiger partial charge < -0.3 is 44.4 Å². The van der Waals surface area contributed by atoms with E-state index in [4.69, 9.17) is 23.7 Å². The molecule has 0 aliphatic carbocycles. The van der Waals surface area contributed by atoms with Crippen LogP contribution in [0.25, 0.3) is 0 Å². The van der Waals surface area contributed by atoms with E-state index in [1.54, 1.807) is 137 Å². The van der Waals surface area contributed by atoms with Gasteiger partial charge in [-0.3, -0.25) is 28.1 Å². The van der Waals surface area contributed by atoms with Crippen molar-refractivity contribution in [3.8, 4) is 40.6 Å². The van der Waals surface area contributed by atoms with Crippen molar-refractivity contribution in [2.45, 2.75) is 101 Å². The second kappa shape index (κ2) is 38.5. The first kappa shape index (κ1) is 83.1. The number of carbonyl (C=O) groups is 3. The fourth-order valence-corrected chi connectivity index (χ4v) is 11.0. The van der Waals surface area contributed by atoms with Gasteiger partial charge in [0.1, 0.15) is 28.8 Å². The number of aryl methyl sites for hydroxylation is 3. The Morgan fingerprint density at radius 3 is 1.10 bits per heavy atom. The Labute approximate surface area is 656 Å². The van der Waals surface area contributed by atoms with Crippen LogP contribution in [-0.4, -0.2) is 95.9 Å². The molecule has 3 N–H and O–H groups in total. The van der Waals surface area contributed by atoms with Crippen molar-refractivity contribution >= 4 is 52.6 Å². The highest BCUT2D eigenvalue weighted by molar-refractivity contribution is 5.78. The molecule has 0 radical (unpaired) electrons. The number of alkyl halides is 2. The lowest BCUT2D eigenvalue weighted by molar-refractivity contribution is -0.151. The number of Topliss-reactive ketones (excluding diaryl/α,β-unsaturated/α-hetero) is 1. The Kier molecular flexibility index (Phi) is 27.9. The summed E-state index contributed by atoms with van der Waals surface area (Å²) in [5.74, 6) is 0.285. The number of halogens is 2. The second-order valence-electron chi connectivity index (χ2n) is 27.1. The molecule has 0 unspecified atom stereocenters. The molecule has 6 aromatic carbocycles. The molecule has 2 atom stereocenters. The molecule has 594 valence electrons. The molecule has 12 aromatic rings. The van der Waals surface area contributed by atoms with Crippen LogP contribution in [0.5, 0.6) is 40.6 Å². The molecule has 0 aliphatic heterocycles. The number of esters is 2. The first-order valence-electron chi connectivity index (χ1n) is 35.9. The number of ketones is 1. The van der Waals surface area contributed by atoms with Crippen LogP contribution in [0.4, 0.5) is 43.7 Å². The van der Waals surface area contributed by atoms with Crippen LogP contribution in [0.2, 0.25) is 0 Å². The van der Waals surface area contributed by atoms with Gasteiger partial charge in [-0.1, -0.05) is 115 Å². The molecule has 0 amide bonds. The number of anilines is 6. The van der Waals surface area contributed by atoms with Crippen LogP contribution >= 0.6 is 0 Å². The third kappa shape index (κ3) is 23.1. The predicted octanol–water partition coefficient (Wildman–Crippen LogP) is 11.9. The van der Waals surface area contributed by atoms with Crippen molar-refractivity contribution in [3.63, 3.8) is 0 Å². The monoisotopic (exact) mass is 1570 g/mol. The molecule has 30 nitrogen and oxygen atoms in total. The Bertz CT molecular complexity index is 5710. The third-order valence-electron chi connectivity index (χ3n) is 17.5. The average Bonchev–Trinajstić information content (AvgIpc) is 0.899. The van der Waals surface area contributed by atoms with E-state index in [1.165, 1.54) is 47.0 Å². The van der Waals surface area contributed by atoms with Crippen molar-refractivity contribution in [3.05, 3.63) is 309 Å². The summed E-state index contributed by atoms with van der Waals surface area (Å²) >= 11 is 0. The lowest BCUT2D eigenvalue weighted by Crippen LogP contribution is -2.46. The standard InChI is InChI=1S/C28H27F2N5O5.C28H29N5O5.C27H27N5O5/c1-17-4-6-20(7-5-17)16-34-26(33-27(37)35(28(34)38)15-18(2)19(3)36)32-21-8-10-22(11-9-21)39-24-13-12-23(14-31-24)40-25(29)30;1-19-8-10-20(11-9-19)17-32-25(31-26(35)33(27(32)36)18-28(2,3)24(34)37-4)30-21-12-14-22(15-13-21)38-23-7-5-6-16-29-23;1-18-7-9-20(10-8-18)17-31-25(30-26(34)32(27(31)35)16-19(2)24(33)36-3)29-21-11-13-22(14-12-21)37-23-6-4-5-15-28-23/h4-14,18,25H,15-16H2,1-3H3,(H,32,33,37);5-16H,17-18H2,1-4H3,(H,30,31,35);4-15,19H,16-17H2,1-3H3,(H,29,30,34)/t18-;;19-/m0.1/s1. The SMILES string of the molecule is CC(=O)[C@@H](C)Cn1c(=O)nc(Nc2ccc(Oc3ccc(OC(F)F)cn3)cc2)n(Cc2ccc(C)cc2)c1=O.COC(=O)C(C)(C)Cn1c(=O)nc(Nc2ccc(Oc3ccccn3)cc2)n(Cc2ccc(C)cc2)c1=O.COC(=O)[C@H](C)Cn1c(=O)nc(Nc2ccc(Oc3ccccn3)cc2)n(Cc2ccc(C)cc2)c1=O. The molecule has 6 aromatic heterocycles. The number of benzene rings is 6. The molecule has 0 spiro atoms. The maximum absolute atomic E-state index is 13.6. The molecule has 0 saturated carbocycles. The average molecular weight is 1570 g/mol. The summed E-state index contributed by atoms with van der Waals surface area (Å²) < 4.78 is 62.5. The maximum Gasteiger partial charge on any atom is 0.387 e. The minimum Gasteiger partial charge on any atom is -0.469 e. The minimum atomic E-state index is -2.95. The molecule has 0 aliphatic rings. The summed E-state index contributed by atoms with van der Waals surface area (Å²) in [6.45, 7) is 10.9. The summed E-state index contributed by atoms with van der Waals surface area (Å²) in [5, 5.41) is 9.16. The quantitative estimate of drug-likeness (QED) is 0.0367. The van der Waals surface area contributed by atoms with Crippen LogP contribution in [0.15, 0.2) is 241 Å². The topological polar surface area (TPSA) is 352 Å². The van der Waals surface area contributed by atoms with Crippen molar-refractivity contribution in [1.29, 1.82) is 0 Å². The van der Waals surface area contributed by atoms with Crippen molar-refractivity contribution in [2.24, 2.45) is 17.3 Å². The molecule has 115 heavy (non-hydrogen) atoms. The lowest BCUT2D eigenvalue weighted by atomic mass is 9.94. The molecular formula is C83H83F2N15O15. The largest absolute Gasteiger partial charge is 0.469 e. The fraction of sp³-hybridized carbons (Fsp3) is 0.241. The normalized spacial score (nSPS) is 11.5. The van der Waals surface area contributed by atoms with E-state index >= 15 is 0 Å². The molecule has 32 heteroatoms.